The first-order chi connectivity index (χ1) is 7.77. The Morgan fingerprint density at radius 2 is 1.56 bits per heavy atom. The zero-order valence-corrected chi connectivity index (χ0v) is 9.23. The molecule has 0 unspecified atom stereocenters. The van der Waals surface area contributed by atoms with Crippen molar-refractivity contribution >= 4 is 5.69 Å². The minimum absolute atomic E-state index is 0.180. The van der Waals surface area contributed by atoms with Crippen molar-refractivity contribution in [2.45, 2.75) is 6.54 Å². The van der Waals surface area contributed by atoms with Crippen molar-refractivity contribution in [3.8, 4) is 0 Å². The van der Waals surface area contributed by atoms with Crippen LogP contribution >= 0.6 is 0 Å². The summed E-state index contributed by atoms with van der Waals surface area (Å²) in [6.45, 7) is 0.710. The molecule has 16 heavy (non-hydrogen) atoms. The maximum atomic E-state index is 13.5. The molecular formula is C14H14FN. The van der Waals surface area contributed by atoms with Crippen LogP contribution in [-0.4, -0.2) is 7.05 Å². The molecule has 0 saturated heterocycles. The van der Waals surface area contributed by atoms with E-state index in [1.54, 1.807) is 12.1 Å². The van der Waals surface area contributed by atoms with E-state index < -0.39 is 0 Å². The summed E-state index contributed by atoms with van der Waals surface area (Å²) in [6, 6.07) is 16.9. The second kappa shape index (κ2) is 4.79. The van der Waals surface area contributed by atoms with Gasteiger partial charge >= 0.3 is 0 Å². The lowest BCUT2D eigenvalue weighted by Gasteiger charge is -2.19. The Hall–Kier alpha value is -1.83. The first-order valence-electron chi connectivity index (χ1n) is 5.27. The van der Waals surface area contributed by atoms with Gasteiger partial charge in [-0.2, -0.15) is 0 Å². The Morgan fingerprint density at radius 3 is 2.25 bits per heavy atom. The van der Waals surface area contributed by atoms with Gasteiger partial charge in [-0.05, 0) is 17.7 Å². The van der Waals surface area contributed by atoms with Crippen LogP contribution in [0.25, 0.3) is 0 Å². The van der Waals surface area contributed by atoms with Gasteiger partial charge in [-0.3, -0.25) is 0 Å². The summed E-state index contributed by atoms with van der Waals surface area (Å²) in [5.74, 6) is -0.180. The molecule has 0 bridgehead atoms. The fraction of sp³-hybridized carbons (Fsp3) is 0.143. The van der Waals surface area contributed by atoms with Crippen LogP contribution in [0, 0.1) is 5.82 Å². The van der Waals surface area contributed by atoms with E-state index in [9.17, 15) is 4.39 Å². The van der Waals surface area contributed by atoms with Gasteiger partial charge in [0.15, 0.2) is 0 Å². The van der Waals surface area contributed by atoms with Crippen LogP contribution in [0.15, 0.2) is 54.6 Å². The van der Waals surface area contributed by atoms with Gasteiger partial charge in [0.1, 0.15) is 5.82 Å². The summed E-state index contributed by atoms with van der Waals surface area (Å²) >= 11 is 0. The summed E-state index contributed by atoms with van der Waals surface area (Å²) in [5.41, 5.74) is 1.81. The minimum atomic E-state index is -0.180. The van der Waals surface area contributed by atoms with Gasteiger partial charge in [0.25, 0.3) is 0 Å². The van der Waals surface area contributed by atoms with Crippen LogP contribution in [0.3, 0.4) is 0 Å². The number of rotatable bonds is 3. The van der Waals surface area contributed by atoms with Crippen LogP contribution in [-0.2, 0) is 6.54 Å². The molecule has 0 atom stereocenters. The minimum Gasteiger partial charge on any atom is -0.368 e. The van der Waals surface area contributed by atoms with Gasteiger partial charge in [0.2, 0.25) is 0 Å². The monoisotopic (exact) mass is 215 g/mol. The summed E-state index contributed by atoms with van der Waals surface area (Å²) < 4.78 is 13.5. The maximum Gasteiger partial charge on any atom is 0.146 e. The summed E-state index contributed by atoms with van der Waals surface area (Å²) in [6.07, 6.45) is 0. The first kappa shape index (κ1) is 10.7. The molecule has 0 fully saturated rings. The fourth-order valence-electron chi connectivity index (χ4n) is 1.70. The molecule has 0 N–H and O–H groups in total. The molecule has 0 aliphatic heterocycles. The molecule has 2 aromatic carbocycles. The predicted molar refractivity (Wildman–Crippen MR) is 64.9 cm³/mol. The highest BCUT2D eigenvalue weighted by Gasteiger charge is 2.06. The van der Waals surface area contributed by atoms with Gasteiger partial charge in [-0.15, -0.1) is 0 Å². The van der Waals surface area contributed by atoms with Crippen LogP contribution in [0.5, 0.6) is 0 Å². The average Bonchev–Trinajstić information content (AvgIpc) is 2.31. The third-order valence-electron chi connectivity index (χ3n) is 2.53. The van der Waals surface area contributed by atoms with Crippen molar-refractivity contribution in [2.75, 3.05) is 11.9 Å². The SMILES string of the molecule is CN(Cc1ccccc1)c1ccccc1F. The second-order valence-corrected chi connectivity index (χ2v) is 3.79. The van der Waals surface area contributed by atoms with Crippen LogP contribution < -0.4 is 4.90 Å². The summed E-state index contributed by atoms with van der Waals surface area (Å²) in [4.78, 5) is 1.91. The lowest BCUT2D eigenvalue weighted by atomic mass is 10.2. The fourth-order valence-corrected chi connectivity index (χ4v) is 1.70. The Balaban J connectivity index is 2.15. The van der Waals surface area contributed by atoms with Gasteiger partial charge in [0.05, 0.1) is 5.69 Å². The van der Waals surface area contributed by atoms with E-state index in [0.29, 0.717) is 12.2 Å². The lowest BCUT2D eigenvalue weighted by molar-refractivity contribution is 0.622. The molecule has 2 rings (SSSR count). The van der Waals surface area contributed by atoms with Crippen molar-refractivity contribution < 1.29 is 4.39 Å². The molecule has 82 valence electrons. The van der Waals surface area contributed by atoms with Gasteiger partial charge in [-0.25, -0.2) is 4.39 Å². The molecule has 0 amide bonds. The highest BCUT2D eigenvalue weighted by Crippen LogP contribution is 2.18. The molecular weight excluding hydrogens is 201 g/mol. The third kappa shape index (κ3) is 2.40. The number of nitrogens with zero attached hydrogens (tertiary/aromatic N) is 1. The van der Waals surface area contributed by atoms with Crippen molar-refractivity contribution in [1.82, 2.24) is 0 Å². The van der Waals surface area contributed by atoms with Gasteiger partial charge < -0.3 is 4.90 Å². The molecule has 0 radical (unpaired) electrons. The van der Waals surface area contributed by atoms with E-state index in [-0.39, 0.29) is 5.82 Å². The highest BCUT2D eigenvalue weighted by atomic mass is 19.1. The number of anilines is 1. The van der Waals surface area contributed by atoms with Gasteiger partial charge in [0, 0.05) is 13.6 Å². The molecule has 0 aromatic heterocycles. The standard InChI is InChI=1S/C14H14FN/c1-16(11-12-7-3-2-4-8-12)14-10-6-5-9-13(14)15/h2-10H,11H2,1H3. The predicted octanol–water partition coefficient (Wildman–Crippen LogP) is 3.46. The summed E-state index contributed by atoms with van der Waals surface area (Å²) in [7, 11) is 1.89. The molecule has 0 spiro atoms. The zero-order chi connectivity index (χ0) is 11.4. The van der Waals surface area contributed by atoms with Crippen LogP contribution in [0.1, 0.15) is 5.56 Å². The van der Waals surface area contributed by atoms with E-state index in [4.69, 9.17) is 0 Å². The average molecular weight is 215 g/mol. The van der Waals surface area contributed by atoms with Crippen molar-refractivity contribution in [3.63, 3.8) is 0 Å². The Morgan fingerprint density at radius 1 is 0.938 bits per heavy atom. The van der Waals surface area contributed by atoms with E-state index in [1.807, 2.05) is 48.3 Å². The molecule has 0 heterocycles. The molecule has 0 aliphatic rings. The second-order valence-electron chi connectivity index (χ2n) is 3.79. The van der Waals surface area contributed by atoms with Crippen LogP contribution in [0.2, 0.25) is 0 Å². The molecule has 2 heteroatoms. The smallest absolute Gasteiger partial charge is 0.146 e. The molecule has 0 saturated carbocycles. The molecule has 0 aliphatic carbocycles. The number of hydrogen-bond acceptors (Lipinski definition) is 1. The third-order valence-corrected chi connectivity index (χ3v) is 2.53. The topological polar surface area (TPSA) is 3.24 Å². The first-order valence-corrected chi connectivity index (χ1v) is 5.27. The zero-order valence-electron chi connectivity index (χ0n) is 9.23. The van der Waals surface area contributed by atoms with E-state index >= 15 is 0 Å². The molecule has 2 aromatic rings. The van der Waals surface area contributed by atoms with Crippen molar-refractivity contribution in [1.29, 1.82) is 0 Å². The quantitative estimate of drug-likeness (QED) is 0.757. The number of para-hydroxylation sites is 1. The van der Waals surface area contributed by atoms with E-state index in [0.717, 1.165) is 0 Å². The Kier molecular flexibility index (Phi) is 3.20. The Bertz CT molecular complexity index is 453. The van der Waals surface area contributed by atoms with Gasteiger partial charge in [-0.1, -0.05) is 42.5 Å². The normalized spacial score (nSPS) is 10.1. The lowest BCUT2D eigenvalue weighted by Crippen LogP contribution is -2.17. The molecule has 1 nitrogen and oxygen atoms in total. The highest BCUT2D eigenvalue weighted by molar-refractivity contribution is 5.47. The van der Waals surface area contributed by atoms with E-state index in [2.05, 4.69) is 0 Å². The Labute approximate surface area is 95.1 Å². The maximum absolute atomic E-state index is 13.5. The number of hydrogen-bond donors (Lipinski definition) is 0. The van der Waals surface area contributed by atoms with Crippen molar-refractivity contribution in [2.24, 2.45) is 0 Å². The number of halogens is 1. The van der Waals surface area contributed by atoms with Crippen molar-refractivity contribution in [3.05, 3.63) is 66.0 Å². The van der Waals surface area contributed by atoms with Crippen LogP contribution in [0.4, 0.5) is 10.1 Å². The number of benzene rings is 2. The summed E-state index contributed by atoms with van der Waals surface area (Å²) in [5, 5.41) is 0. The largest absolute Gasteiger partial charge is 0.368 e. The van der Waals surface area contributed by atoms with E-state index in [1.165, 1.54) is 11.6 Å².